The molecule has 1 atom stereocenters. The van der Waals surface area contributed by atoms with E-state index in [1.165, 1.54) is 0 Å². The molecule has 0 radical (unpaired) electrons. The average Bonchev–Trinajstić information content (AvgIpc) is 2.27. The summed E-state index contributed by atoms with van der Waals surface area (Å²) in [6, 6.07) is 11.7. The molecule has 0 fully saturated rings. The monoisotopic (exact) mass is 229 g/mol. The van der Waals surface area contributed by atoms with Crippen LogP contribution in [0.3, 0.4) is 0 Å². The van der Waals surface area contributed by atoms with Gasteiger partial charge in [0.25, 0.3) is 0 Å². The second-order valence-electron chi connectivity index (χ2n) is 5.03. The Morgan fingerprint density at radius 3 is 2.41 bits per heavy atom. The summed E-state index contributed by atoms with van der Waals surface area (Å²) in [5, 5.41) is 11.6. The summed E-state index contributed by atoms with van der Waals surface area (Å²) < 4.78 is 0. The van der Waals surface area contributed by atoms with Crippen LogP contribution in [0.1, 0.15) is 31.9 Å². The second kappa shape index (κ2) is 4.76. The topological polar surface area (TPSA) is 46.2 Å². The Hall–Kier alpha value is -1.54. The number of aromatic hydroxyl groups is 1. The van der Waals surface area contributed by atoms with E-state index in [-0.39, 0.29) is 6.04 Å². The Balaban J connectivity index is 2.34. The first-order valence-electron chi connectivity index (χ1n) is 6.04. The van der Waals surface area contributed by atoms with Gasteiger partial charge in [-0.05, 0) is 46.9 Å². The van der Waals surface area contributed by atoms with Gasteiger partial charge in [-0.2, -0.15) is 0 Å². The molecule has 2 rings (SSSR count). The number of hydrogen-bond donors (Lipinski definition) is 2. The van der Waals surface area contributed by atoms with E-state index in [4.69, 9.17) is 5.73 Å². The van der Waals surface area contributed by atoms with Crippen molar-refractivity contribution in [2.24, 2.45) is 11.7 Å². The molecule has 2 nitrogen and oxygen atoms in total. The van der Waals surface area contributed by atoms with Gasteiger partial charge >= 0.3 is 0 Å². The van der Waals surface area contributed by atoms with Gasteiger partial charge < -0.3 is 10.8 Å². The van der Waals surface area contributed by atoms with E-state index in [2.05, 4.69) is 26.0 Å². The molecule has 0 aliphatic heterocycles. The van der Waals surface area contributed by atoms with E-state index >= 15 is 0 Å². The fourth-order valence-electron chi connectivity index (χ4n) is 2.13. The normalized spacial score (nSPS) is 13.2. The number of fused-ring (bicyclic) bond motifs is 1. The second-order valence-corrected chi connectivity index (χ2v) is 5.03. The number of phenols is 1. The third kappa shape index (κ3) is 2.77. The first-order valence-corrected chi connectivity index (χ1v) is 6.04. The summed E-state index contributed by atoms with van der Waals surface area (Å²) in [7, 11) is 0. The molecule has 0 aromatic heterocycles. The molecule has 0 amide bonds. The number of benzene rings is 2. The van der Waals surface area contributed by atoms with Crippen molar-refractivity contribution in [1.82, 2.24) is 0 Å². The third-order valence-electron chi connectivity index (χ3n) is 3.00. The molecule has 0 aliphatic rings. The molecule has 2 heteroatoms. The maximum Gasteiger partial charge on any atom is 0.116 e. The van der Waals surface area contributed by atoms with Crippen LogP contribution >= 0.6 is 0 Å². The van der Waals surface area contributed by atoms with Crippen LogP contribution in [0.2, 0.25) is 0 Å². The smallest absolute Gasteiger partial charge is 0.116 e. The molecular formula is C15H19NO. The lowest BCUT2D eigenvalue weighted by atomic mass is 9.96. The van der Waals surface area contributed by atoms with E-state index in [1.54, 1.807) is 12.1 Å². The highest BCUT2D eigenvalue weighted by Gasteiger charge is 2.08. The molecule has 0 spiro atoms. The van der Waals surface area contributed by atoms with Crippen LogP contribution < -0.4 is 5.73 Å². The molecule has 0 unspecified atom stereocenters. The van der Waals surface area contributed by atoms with Crippen molar-refractivity contribution >= 4 is 10.8 Å². The summed E-state index contributed by atoms with van der Waals surface area (Å²) in [5.74, 6) is 0.900. The van der Waals surface area contributed by atoms with Crippen LogP contribution in [-0.4, -0.2) is 5.11 Å². The molecule has 0 bridgehead atoms. The van der Waals surface area contributed by atoms with Crippen molar-refractivity contribution in [3.63, 3.8) is 0 Å². The van der Waals surface area contributed by atoms with Gasteiger partial charge in [-0.3, -0.25) is 0 Å². The van der Waals surface area contributed by atoms with Crippen molar-refractivity contribution in [2.75, 3.05) is 0 Å². The summed E-state index contributed by atoms with van der Waals surface area (Å²) in [5.41, 5.74) is 7.33. The zero-order valence-electron chi connectivity index (χ0n) is 10.4. The van der Waals surface area contributed by atoms with Crippen molar-refractivity contribution in [3.8, 4) is 5.75 Å². The maximum absolute atomic E-state index is 9.40. The van der Waals surface area contributed by atoms with Crippen molar-refractivity contribution in [3.05, 3.63) is 42.0 Å². The predicted octanol–water partition coefficient (Wildman–Crippen LogP) is 3.59. The Morgan fingerprint density at radius 1 is 1.06 bits per heavy atom. The highest BCUT2D eigenvalue weighted by Crippen LogP contribution is 2.25. The van der Waals surface area contributed by atoms with Crippen molar-refractivity contribution in [2.45, 2.75) is 26.3 Å². The molecule has 17 heavy (non-hydrogen) atoms. The van der Waals surface area contributed by atoms with Crippen molar-refractivity contribution in [1.29, 1.82) is 0 Å². The van der Waals surface area contributed by atoms with Gasteiger partial charge in [0.2, 0.25) is 0 Å². The number of hydrogen-bond acceptors (Lipinski definition) is 2. The Morgan fingerprint density at radius 2 is 1.71 bits per heavy atom. The van der Waals surface area contributed by atoms with Crippen LogP contribution in [0.4, 0.5) is 0 Å². The summed E-state index contributed by atoms with van der Waals surface area (Å²) in [4.78, 5) is 0. The summed E-state index contributed by atoms with van der Waals surface area (Å²) in [6.07, 6.45) is 0.990. The van der Waals surface area contributed by atoms with Crippen LogP contribution in [0, 0.1) is 5.92 Å². The van der Waals surface area contributed by atoms with Gasteiger partial charge in [-0.1, -0.05) is 32.0 Å². The zero-order valence-corrected chi connectivity index (χ0v) is 10.4. The van der Waals surface area contributed by atoms with Gasteiger partial charge in [-0.25, -0.2) is 0 Å². The van der Waals surface area contributed by atoms with Crippen molar-refractivity contribution < 1.29 is 5.11 Å². The lowest BCUT2D eigenvalue weighted by Crippen LogP contribution is -2.12. The quantitative estimate of drug-likeness (QED) is 0.844. The van der Waals surface area contributed by atoms with E-state index in [0.29, 0.717) is 11.7 Å². The minimum Gasteiger partial charge on any atom is -0.508 e. The minimum atomic E-state index is 0.0909. The first kappa shape index (κ1) is 11.9. The maximum atomic E-state index is 9.40. The van der Waals surface area contributed by atoms with Gasteiger partial charge in [0, 0.05) is 6.04 Å². The fraction of sp³-hybridized carbons (Fsp3) is 0.333. The summed E-state index contributed by atoms with van der Waals surface area (Å²) >= 11 is 0. The molecule has 0 saturated heterocycles. The van der Waals surface area contributed by atoms with Gasteiger partial charge in [-0.15, -0.1) is 0 Å². The van der Waals surface area contributed by atoms with E-state index in [1.807, 2.05) is 12.1 Å². The van der Waals surface area contributed by atoms with E-state index in [9.17, 15) is 5.11 Å². The Kier molecular flexibility index (Phi) is 3.34. The van der Waals surface area contributed by atoms with Crippen LogP contribution in [0.5, 0.6) is 5.75 Å². The standard InChI is InChI=1S/C15H19NO/c1-10(2)7-15(16)13-4-3-12-9-14(17)6-5-11(12)8-13/h3-6,8-10,15,17H,7,16H2,1-2H3/t15-/m0/s1. The van der Waals surface area contributed by atoms with Crippen LogP contribution in [0.15, 0.2) is 36.4 Å². The van der Waals surface area contributed by atoms with Crippen LogP contribution in [0.25, 0.3) is 10.8 Å². The molecular weight excluding hydrogens is 210 g/mol. The predicted molar refractivity (Wildman–Crippen MR) is 72.0 cm³/mol. The van der Waals surface area contributed by atoms with Crippen LogP contribution in [-0.2, 0) is 0 Å². The fourth-order valence-corrected chi connectivity index (χ4v) is 2.13. The lowest BCUT2D eigenvalue weighted by Gasteiger charge is -2.15. The number of nitrogens with two attached hydrogens (primary N) is 1. The number of rotatable bonds is 3. The average molecular weight is 229 g/mol. The SMILES string of the molecule is CC(C)C[C@H](N)c1ccc2cc(O)ccc2c1. The minimum absolute atomic E-state index is 0.0909. The van der Waals surface area contributed by atoms with E-state index < -0.39 is 0 Å². The summed E-state index contributed by atoms with van der Waals surface area (Å²) in [6.45, 7) is 4.36. The van der Waals surface area contributed by atoms with E-state index in [0.717, 1.165) is 22.8 Å². The highest BCUT2D eigenvalue weighted by atomic mass is 16.3. The molecule has 2 aromatic carbocycles. The molecule has 0 saturated carbocycles. The van der Waals surface area contributed by atoms with Gasteiger partial charge in [0.05, 0.1) is 0 Å². The molecule has 0 heterocycles. The molecule has 0 aliphatic carbocycles. The number of phenolic OH excluding ortho intramolecular Hbond substituents is 1. The zero-order chi connectivity index (χ0) is 12.4. The first-order chi connectivity index (χ1) is 8.06. The highest BCUT2D eigenvalue weighted by molar-refractivity contribution is 5.84. The molecule has 3 N–H and O–H groups in total. The molecule has 90 valence electrons. The molecule has 2 aromatic rings. The Bertz CT molecular complexity index is 519. The largest absolute Gasteiger partial charge is 0.508 e. The third-order valence-corrected chi connectivity index (χ3v) is 3.00. The van der Waals surface area contributed by atoms with Gasteiger partial charge in [0.15, 0.2) is 0 Å². The lowest BCUT2D eigenvalue weighted by molar-refractivity contribution is 0.476. The Labute approximate surface area is 102 Å². The van der Waals surface area contributed by atoms with Gasteiger partial charge in [0.1, 0.15) is 5.75 Å².